The second-order valence-electron chi connectivity index (χ2n) is 5.34. The van der Waals surface area contributed by atoms with Crippen LogP contribution in [0.5, 0.6) is 5.75 Å². The molecule has 0 atom stereocenters. The molecule has 2 nitrogen and oxygen atoms in total. The minimum atomic E-state index is -0.716. The summed E-state index contributed by atoms with van der Waals surface area (Å²) in [5.41, 5.74) is 2.31. The average molecular weight is 289 g/mol. The Balaban J connectivity index is 2.38. The Morgan fingerprint density at radius 3 is 2.15 bits per heavy atom. The number of hydrogen-bond donors (Lipinski definition) is 0. The number of ether oxygens (including phenoxy) is 1. The molecule has 0 unspecified atom stereocenters. The second kappa shape index (κ2) is 8.83. The molecule has 3 heteroatoms. The fourth-order valence-corrected chi connectivity index (χ4v) is 4.40. The predicted octanol–water partition coefficient (Wildman–Crippen LogP) is 4.26. The molecule has 0 amide bonds. The fourth-order valence-electron chi connectivity index (χ4n) is 2.06. The Kier molecular flexibility index (Phi) is 7.43. The summed E-state index contributed by atoms with van der Waals surface area (Å²) in [6.45, 7) is 9.73. The lowest BCUT2D eigenvalue weighted by atomic mass is 10.2. The van der Waals surface area contributed by atoms with E-state index < -0.39 is 9.04 Å². The predicted molar refractivity (Wildman–Crippen MR) is 86.4 cm³/mol. The summed E-state index contributed by atoms with van der Waals surface area (Å²) in [7, 11) is 0.951. The largest absolute Gasteiger partial charge is 0.497 e. The van der Waals surface area contributed by atoms with E-state index in [1.54, 1.807) is 7.11 Å². The van der Waals surface area contributed by atoms with E-state index in [0.29, 0.717) is 11.1 Å². The van der Waals surface area contributed by atoms with Crippen LogP contribution in [0.15, 0.2) is 24.3 Å². The molecule has 1 rings (SSSR count). The van der Waals surface area contributed by atoms with Crippen LogP contribution in [0, 0.1) is 11.8 Å². The van der Waals surface area contributed by atoms with Crippen LogP contribution < -0.4 is 4.74 Å². The third kappa shape index (κ3) is 5.81. The summed E-state index contributed by atoms with van der Waals surface area (Å²) in [6.07, 6.45) is 0.791. The van der Waals surface area contributed by atoms with Gasteiger partial charge in [-0.05, 0) is 35.3 Å². The molecule has 0 aromatic heterocycles. The molecule has 0 saturated carbocycles. The lowest BCUT2D eigenvalue weighted by Gasteiger charge is -2.21. The van der Waals surface area contributed by atoms with Crippen molar-refractivity contribution in [3.05, 3.63) is 29.8 Å². The monoisotopic (exact) mass is 289 g/mol. The highest BCUT2D eigenvalue weighted by Gasteiger charge is 2.21. The molecule has 0 aliphatic rings. The van der Waals surface area contributed by atoms with Gasteiger partial charge in [-0.3, -0.25) is 0 Å². The molecule has 109 valence electrons. The first kappa shape index (κ1) is 16.8. The highest BCUT2D eigenvalue weighted by molar-refractivity contribution is 6.54. The number of methoxy groups -OCH3 is 1. The lowest BCUT2D eigenvalue weighted by molar-refractivity contribution is 0.316. The van der Waals surface area contributed by atoms with Gasteiger partial charge in [0.1, 0.15) is 5.75 Å². The van der Waals surface area contributed by atoms with Crippen LogP contribution in [0.4, 0.5) is 0 Å². The molecule has 0 aliphatic heterocycles. The van der Waals surface area contributed by atoms with Crippen LogP contribution in [0.1, 0.15) is 39.7 Å². The van der Waals surface area contributed by atoms with Crippen molar-refractivity contribution in [2.24, 2.45) is 0 Å². The van der Waals surface area contributed by atoms with Gasteiger partial charge in [-0.1, -0.05) is 39.5 Å². The van der Waals surface area contributed by atoms with E-state index in [1.807, 2.05) is 24.3 Å². The van der Waals surface area contributed by atoms with E-state index in [-0.39, 0.29) is 0 Å². The molecule has 0 fully saturated rings. The molecule has 1 aromatic rings. The third-order valence-corrected chi connectivity index (χ3v) is 5.77. The van der Waals surface area contributed by atoms with E-state index in [1.165, 1.54) is 0 Å². The first-order valence-corrected chi connectivity index (χ1v) is 8.73. The van der Waals surface area contributed by atoms with E-state index in [0.717, 1.165) is 24.3 Å². The topological polar surface area (TPSA) is 18.5 Å². The second-order valence-corrected chi connectivity index (χ2v) is 8.74. The molecular formula is C17H25O2Si. The van der Waals surface area contributed by atoms with Gasteiger partial charge in [-0.15, -0.1) is 0 Å². The molecule has 0 aliphatic carbocycles. The van der Waals surface area contributed by atoms with E-state index in [9.17, 15) is 0 Å². The van der Waals surface area contributed by atoms with Gasteiger partial charge in [-0.2, -0.15) is 0 Å². The minimum absolute atomic E-state index is 0.648. The number of benzene rings is 1. The molecular weight excluding hydrogens is 264 g/mol. The first-order chi connectivity index (χ1) is 9.54. The summed E-state index contributed by atoms with van der Waals surface area (Å²) in [4.78, 5) is 0. The zero-order valence-corrected chi connectivity index (χ0v) is 14.2. The number of rotatable bonds is 6. The Hall–Kier alpha value is -1.24. The summed E-state index contributed by atoms with van der Waals surface area (Å²) >= 11 is 0. The summed E-state index contributed by atoms with van der Waals surface area (Å²) < 4.78 is 11.1. The number of hydrogen-bond acceptors (Lipinski definition) is 2. The van der Waals surface area contributed by atoms with Crippen LogP contribution in [0.25, 0.3) is 0 Å². The molecule has 20 heavy (non-hydrogen) atoms. The Labute approximate surface area is 125 Å². The smallest absolute Gasteiger partial charge is 0.216 e. The van der Waals surface area contributed by atoms with Gasteiger partial charge in [0, 0.05) is 18.6 Å². The molecule has 0 N–H and O–H groups in total. The van der Waals surface area contributed by atoms with E-state index in [2.05, 4.69) is 39.5 Å². The molecule has 0 saturated heterocycles. The molecule has 1 radical (unpaired) electrons. The van der Waals surface area contributed by atoms with E-state index >= 15 is 0 Å². The van der Waals surface area contributed by atoms with Crippen molar-refractivity contribution in [2.45, 2.75) is 45.2 Å². The summed E-state index contributed by atoms with van der Waals surface area (Å²) in [5.74, 6) is 7.19. The van der Waals surface area contributed by atoms with Crippen molar-refractivity contribution < 1.29 is 9.16 Å². The molecule has 0 spiro atoms. The van der Waals surface area contributed by atoms with Gasteiger partial charge < -0.3 is 9.16 Å². The maximum absolute atomic E-state index is 6.02. The summed E-state index contributed by atoms with van der Waals surface area (Å²) in [6, 6.07) is 7.81. The molecule has 0 heterocycles. The SMILES string of the molecule is COc1ccc(C#CCCO[Si](C(C)C)C(C)C)cc1. The van der Waals surface area contributed by atoms with Gasteiger partial charge in [-0.25, -0.2) is 0 Å². The van der Waals surface area contributed by atoms with Crippen molar-refractivity contribution in [1.82, 2.24) is 0 Å². The van der Waals surface area contributed by atoms with Crippen molar-refractivity contribution in [3.63, 3.8) is 0 Å². The van der Waals surface area contributed by atoms with E-state index in [4.69, 9.17) is 9.16 Å². The fraction of sp³-hybridized carbons (Fsp3) is 0.529. The van der Waals surface area contributed by atoms with Gasteiger partial charge in [0.05, 0.1) is 7.11 Å². The van der Waals surface area contributed by atoms with Crippen LogP contribution in [-0.2, 0) is 4.43 Å². The zero-order chi connectivity index (χ0) is 15.0. The van der Waals surface area contributed by atoms with Crippen LogP contribution in [0.3, 0.4) is 0 Å². The van der Waals surface area contributed by atoms with Gasteiger partial charge >= 0.3 is 0 Å². The maximum atomic E-state index is 6.02. The van der Waals surface area contributed by atoms with Crippen molar-refractivity contribution in [1.29, 1.82) is 0 Å². The highest BCUT2D eigenvalue weighted by Crippen LogP contribution is 2.20. The Morgan fingerprint density at radius 2 is 1.65 bits per heavy atom. The summed E-state index contributed by atoms with van der Waals surface area (Å²) in [5, 5.41) is 0. The van der Waals surface area contributed by atoms with Crippen molar-refractivity contribution in [2.75, 3.05) is 13.7 Å². The standard InChI is InChI=1S/C17H25O2Si/c1-14(2)20(15(3)4)19-13-7-6-8-16-9-11-17(18-5)12-10-16/h9-12,14-15H,7,13H2,1-5H3. The van der Waals surface area contributed by atoms with Crippen LogP contribution >= 0.6 is 0 Å². The van der Waals surface area contributed by atoms with Crippen LogP contribution in [-0.4, -0.2) is 22.8 Å². The Bertz CT molecular complexity index is 432. The quantitative estimate of drug-likeness (QED) is 0.442. The van der Waals surface area contributed by atoms with Crippen molar-refractivity contribution in [3.8, 4) is 17.6 Å². The lowest BCUT2D eigenvalue weighted by Crippen LogP contribution is -2.25. The average Bonchev–Trinajstić information content (AvgIpc) is 2.42. The molecule has 0 bridgehead atoms. The van der Waals surface area contributed by atoms with Crippen LogP contribution in [0.2, 0.25) is 11.1 Å². The van der Waals surface area contributed by atoms with Crippen molar-refractivity contribution >= 4 is 9.04 Å². The molecule has 1 aromatic carbocycles. The minimum Gasteiger partial charge on any atom is -0.497 e. The van der Waals surface area contributed by atoms with Gasteiger partial charge in [0.15, 0.2) is 0 Å². The highest BCUT2D eigenvalue weighted by atomic mass is 28.3. The van der Waals surface area contributed by atoms with Gasteiger partial charge in [0.25, 0.3) is 0 Å². The Morgan fingerprint density at radius 1 is 1.05 bits per heavy atom. The van der Waals surface area contributed by atoms with Gasteiger partial charge in [0.2, 0.25) is 9.04 Å². The third-order valence-electron chi connectivity index (χ3n) is 2.96. The maximum Gasteiger partial charge on any atom is 0.216 e. The first-order valence-electron chi connectivity index (χ1n) is 7.17. The normalized spacial score (nSPS) is 10.8. The zero-order valence-electron chi connectivity index (χ0n) is 13.2.